The van der Waals surface area contributed by atoms with E-state index >= 15 is 8.78 Å². The largest absolute Gasteiger partial charge is 0.453 e. The summed E-state index contributed by atoms with van der Waals surface area (Å²) in [6, 6.07) is 10.6. The highest BCUT2D eigenvalue weighted by Crippen LogP contribution is 2.37. The molecule has 7 rings (SSSR count). The molecular formula is C42H48F2N8O6. The summed E-state index contributed by atoms with van der Waals surface area (Å²) in [6.45, 7) is 8.37. The lowest BCUT2D eigenvalue weighted by atomic mass is 9.99. The minimum absolute atomic E-state index is 0.182. The zero-order valence-electron chi connectivity index (χ0n) is 33.3. The molecule has 5 aromatic rings. The van der Waals surface area contributed by atoms with Gasteiger partial charge < -0.3 is 39.9 Å². The lowest BCUT2D eigenvalue weighted by Gasteiger charge is -2.29. The van der Waals surface area contributed by atoms with Crippen LogP contribution in [0, 0.1) is 23.5 Å². The standard InChI is InChI=1S/C42H48F2N8O6/c1-21(2)35(49-41(55)57-5)39(53)51-15-7-9-33(51)37-45-29-17-25(27(43)19-31(29)47-37)23-11-13-24(14-12-23)26-18-30-32(20-28(26)44)48-38(46-30)34-10-8-16-52(34)40(54)36(22(3)4)50-42(56)58-6/h11-14,17-22,33-36H,7-10,15-16H2,1-6H3,(H,45,47)(H,46,48)(H,49,55)(H,50,56)/t33-,34-,35?,36?/m0/s1. The highest BCUT2D eigenvalue weighted by molar-refractivity contribution is 5.89. The van der Waals surface area contributed by atoms with Gasteiger partial charge in [-0.15, -0.1) is 0 Å². The first-order chi connectivity index (χ1) is 27.8. The van der Waals surface area contributed by atoms with E-state index in [4.69, 9.17) is 19.4 Å². The van der Waals surface area contributed by atoms with Gasteiger partial charge in [-0.05, 0) is 60.8 Å². The van der Waals surface area contributed by atoms with Crippen molar-refractivity contribution in [2.24, 2.45) is 11.8 Å². The molecular weight excluding hydrogens is 751 g/mol. The number of imidazole rings is 2. The zero-order chi connectivity index (χ0) is 41.4. The monoisotopic (exact) mass is 798 g/mol. The van der Waals surface area contributed by atoms with Crippen molar-refractivity contribution in [3.63, 3.8) is 0 Å². The van der Waals surface area contributed by atoms with Gasteiger partial charge in [-0.25, -0.2) is 28.3 Å². The van der Waals surface area contributed by atoms with Crippen LogP contribution in [0.15, 0.2) is 48.5 Å². The Hall–Kier alpha value is -6.06. The molecule has 4 heterocycles. The van der Waals surface area contributed by atoms with Crippen molar-refractivity contribution in [2.45, 2.75) is 77.5 Å². The number of halogens is 2. The van der Waals surface area contributed by atoms with Crippen LogP contribution in [0.3, 0.4) is 0 Å². The van der Waals surface area contributed by atoms with Crippen LogP contribution in [0.25, 0.3) is 44.3 Å². The normalized spacial score (nSPS) is 18.0. The van der Waals surface area contributed by atoms with E-state index in [0.717, 1.165) is 12.8 Å². The number of aromatic nitrogens is 4. The van der Waals surface area contributed by atoms with Crippen molar-refractivity contribution >= 4 is 46.1 Å². The number of amides is 4. The number of likely N-dealkylation sites (tertiary alicyclic amines) is 2. The van der Waals surface area contributed by atoms with Gasteiger partial charge in [0.1, 0.15) is 35.4 Å². The first-order valence-electron chi connectivity index (χ1n) is 19.6. The number of rotatable bonds is 10. The molecule has 3 aromatic carbocycles. The minimum Gasteiger partial charge on any atom is -0.453 e. The molecule has 306 valence electrons. The van der Waals surface area contributed by atoms with E-state index < -0.39 is 35.9 Å². The zero-order valence-corrected chi connectivity index (χ0v) is 33.3. The Morgan fingerprint density at radius 1 is 0.672 bits per heavy atom. The van der Waals surface area contributed by atoms with Crippen molar-refractivity contribution in [1.29, 1.82) is 0 Å². The molecule has 0 saturated carbocycles. The van der Waals surface area contributed by atoms with Gasteiger partial charge >= 0.3 is 12.2 Å². The van der Waals surface area contributed by atoms with Crippen molar-refractivity contribution < 1.29 is 37.4 Å². The maximum Gasteiger partial charge on any atom is 0.407 e. The van der Waals surface area contributed by atoms with E-state index in [1.807, 2.05) is 27.7 Å². The number of alkyl carbamates (subject to hydrolysis) is 2. The molecule has 4 N–H and O–H groups in total. The van der Waals surface area contributed by atoms with Crippen LogP contribution in [0.5, 0.6) is 0 Å². The number of carbonyl (C=O) groups is 4. The molecule has 16 heteroatoms. The fraction of sp³-hybridized carbons (Fsp3) is 0.429. The van der Waals surface area contributed by atoms with Crippen LogP contribution in [0.1, 0.15) is 77.1 Å². The predicted octanol–water partition coefficient (Wildman–Crippen LogP) is 7.14. The molecule has 14 nitrogen and oxygen atoms in total. The molecule has 0 radical (unpaired) electrons. The molecule has 4 amide bonds. The number of fused-ring (bicyclic) bond motifs is 2. The summed E-state index contributed by atoms with van der Waals surface area (Å²) in [5, 5.41) is 5.29. The molecule has 2 fully saturated rings. The summed E-state index contributed by atoms with van der Waals surface area (Å²) in [5.74, 6) is -0.735. The summed E-state index contributed by atoms with van der Waals surface area (Å²) in [5.41, 5.74) is 3.76. The molecule has 0 aliphatic carbocycles. The topological polar surface area (TPSA) is 175 Å². The Kier molecular flexibility index (Phi) is 11.4. The van der Waals surface area contributed by atoms with Crippen LogP contribution >= 0.6 is 0 Å². The number of methoxy groups -OCH3 is 2. The summed E-state index contributed by atoms with van der Waals surface area (Å²) in [6.07, 6.45) is 1.43. The number of nitrogens with zero attached hydrogens (tertiary/aromatic N) is 4. The number of hydrogen-bond donors (Lipinski definition) is 4. The number of H-pyrrole nitrogens is 2. The maximum absolute atomic E-state index is 15.7. The van der Waals surface area contributed by atoms with E-state index in [2.05, 4.69) is 20.6 Å². The third-order valence-electron chi connectivity index (χ3n) is 11.2. The fourth-order valence-electron chi connectivity index (χ4n) is 8.07. The molecule has 2 aliphatic heterocycles. The van der Waals surface area contributed by atoms with E-state index in [1.54, 1.807) is 46.2 Å². The molecule has 2 saturated heterocycles. The quantitative estimate of drug-likeness (QED) is 0.115. The van der Waals surface area contributed by atoms with Crippen LogP contribution < -0.4 is 10.6 Å². The highest BCUT2D eigenvalue weighted by Gasteiger charge is 2.39. The second-order valence-corrected chi connectivity index (χ2v) is 15.6. The van der Waals surface area contributed by atoms with E-state index in [-0.39, 0.29) is 35.7 Å². The van der Waals surface area contributed by atoms with Gasteiger partial charge in [-0.1, -0.05) is 52.0 Å². The van der Waals surface area contributed by atoms with Gasteiger partial charge in [0.25, 0.3) is 0 Å². The van der Waals surface area contributed by atoms with E-state index in [0.29, 0.717) is 81.9 Å². The van der Waals surface area contributed by atoms with Crippen molar-refractivity contribution in [3.05, 3.63) is 71.8 Å². The Labute approximate surface area is 334 Å². The average Bonchev–Trinajstić information content (AvgIpc) is 4.03. The third-order valence-corrected chi connectivity index (χ3v) is 11.2. The van der Waals surface area contributed by atoms with Gasteiger partial charge in [0.05, 0.1) is 48.4 Å². The van der Waals surface area contributed by atoms with Gasteiger partial charge in [0.15, 0.2) is 0 Å². The molecule has 2 aromatic heterocycles. The highest BCUT2D eigenvalue weighted by atomic mass is 19.1. The summed E-state index contributed by atoms with van der Waals surface area (Å²) in [7, 11) is 2.50. The Balaban J connectivity index is 1.11. The smallest absolute Gasteiger partial charge is 0.407 e. The number of ether oxygens (including phenoxy) is 2. The van der Waals surface area contributed by atoms with E-state index in [1.165, 1.54) is 26.4 Å². The van der Waals surface area contributed by atoms with E-state index in [9.17, 15) is 19.2 Å². The number of carbonyl (C=O) groups excluding carboxylic acids is 4. The minimum atomic E-state index is -0.779. The van der Waals surface area contributed by atoms with Crippen LogP contribution in [-0.4, -0.2) is 93.1 Å². The Bertz CT molecular complexity index is 2200. The maximum atomic E-state index is 15.7. The van der Waals surface area contributed by atoms with Crippen molar-refractivity contribution in [1.82, 2.24) is 40.4 Å². The number of hydrogen-bond acceptors (Lipinski definition) is 8. The van der Waals surface area contributed by atoms with Crippen molar-refractivity contribution in [3.8, 4) is 22.3 Å². The van der Waals surface area contributed by atoms with Crippen LogP contribution in [0.4, 0.5) is 18.4 Å². The lowest BCUT2D eigenvalue weighted by molar-refractivity contribution is -0.136. The SMILES string of the molecule is COC(=O)NC(C(=O)N1CCC[C@H]1c1nc2cc(-c3ccc(-c4cc5nc([C@@H]6CCCN6C(=O)C(NC(=O)OC)C(C)C)[nH]c5cc4F)cc3)c(F)cc2[nH]1)C(C)C. The lowest BCUT2D eigenvalue weighted by Crippen LogP contribution is -2.51. The van der Waals surface area contributed by atoms with Crippen LogP contribution in [0.2, 0.25) is 0 Å². The molecule has 0 spiro atoms. The Morgan fingerprint density at radius 3 is 1.40 bits per heavy atom. The second kappa shape index (κ2) is 16.4. The number of nitrogens with one attached hydrogen (secondary N) is 4. The van der Waals surface area contributed by atoms with Gasteiger partial charge in [0, 0.05) is 36.3 Å². The molecule has 4 atom stereocenters. The third kappa shape index (κ3) is 7.79. The second-order valence-electron chi connectivity index (χ2n) is 15.6. The van der Waals surface area contributed by atoms with Crippen molar-refractivity contribution in [2.75, 3.05) is 27.3 Å². The van der Waals surface area contributed by atoms with Gasteiger partial charge in [-0.2, -0.15) is 0 Å². The molecule has 2 unspecified atom stereocenters. The predicted molar refractivity (Wildman–Crippen MR) is 212 cm³/mol. The average molecular weight is 799 g/mol. The number of aromatic amines is 2. The Morgan fingerprint density at radius 2 is 1.05 bits per heavy atom. The first-order valence-corrected chi connectivity index (χ1v) is 19.6. The first kappa shape index (κ1) is 40.1. The summed E-state index contributed by atoms with van der Waals surface area (Å²) in [4.78, 5) is 70.6. The molecule has 58 heavy (non-hydrogen) atoms. The number of benzene rings is 3. The van der Waals surface area contributed by atoms with Gasteiger partial charge in [0.2, 0.25) is 11.8 Å². The van der Waals surface area contributed by atoms with Gasteiger partial charge in [-0.3, -0.25) is 9.59 Å². The van der Waals surface area contributed by atoms with Crippen LogP contribution in [-0.2, 0) is 19.1 Å². The molecule has 0 bridgehead atoms. The summed E-state index contributed by atoms with van der Waals surface area (Å²) >= 11 is 0. The molecule has 2 aliphatic rings. The summed E-state index contributed by atoms with van der Waals surface area (Å²) < 4.78 is 40.8. The fourth-order valence-corrected chi connectivity index (χ4v) is 8.07.